The van der Waals surface area contributed by atoms with Crippen molar-refractivity contribution in [2.45, 2.75) is 63.4 Å². The average Bonchev–Trinajstić information content (AvgIpc) is 2.68. The summed E-state index contributed by atoms with van der Waals surface area (Å²) in [7, 11) is -3.55. The number of sulfonamides is 1. The van der Waals surface area contributed by atoms with E-state index in [1.807, 2.05) is 31.2 Å². The fourth-order valence-electron chi connectivity index (χ4n) is 3.49. The van der Waals surface area contributed by atoms with Gasteiger partial charge in [0.25, 0.3) is 0 Å². The summed E-state index contributed by atoms with van der Waals surface area (Å²) in [4.78, 5) is 4.87. The summed E-state index contributed by atoms with van der Waals surface area (Å²) in [6.45, 7) is 6.73. The molecule has 0 aliphatic carbocycles. The first-order valence-electron chi connectivity index (χ1n) is 9.73. The molecule has 1 aliphatic rings. The van der Waals surface area contributed by atoms with Gasteiger partial charge in [-0.05, 0) is 51.3 Å². The Balaban J connectivity index is 1.98. The van der Waals surface area contributed by atoms with Gasteiger partial charge in [0.2, 0.25) is 10.0 Å². The second-order valence-electron chi connectivity index (χ2n) is 7.34. The fraction of sp³-hybridized carbons (Fsp3) is 0.476. The van der Waals surface area contributed by atoms with Crippen LogP contribution in [0.4, 0.5) is 5.82 Å². The molecule has 27 heavy (non-hydrogen) atoms. The van der Waals surface area contributed by atoms with Crippen molar-refractivity contribution in [1.82, 2.24) is 9.29 Å². The third-order valence-electron chi connectivity index (χ3n) is 5.27. The molecular formula is C21H29N3O2S. The number of aryl methyl sites for hydroxylation is 1. The minimum atomic E-state index is -3.55. The third-order valence-corrected chi connectivity index (χ3v) is 7.20. The van der Waals surface area contributed by atoms with E-state index < -0.39 is 10.0 Å². The van der Waals surface area contributed by atoms with Gasteiger partial charge in [-0.15, -0.1) is 0 Å². The van der Waals surface area contributed by atoms with E-state index in [9.17, 15) is 8.42 Å². The van der Waals surface area contributed by atoms with Gasteiger partial charge in [0.15, 0.2) is 0 Å². The lowest BCUT2D eigenvalue weighted by atomic mass is 9.97. The number of nitrogens with one attached hydrogen (secondary N) is 1. The van der Waals surface area contributed by atoms with Gasteiger partial charge in [-0.25, -0.2) is 13.4 Å². The van der Waals surface area contributed by atoms with Crippen LogP contribution in [-0.4, -0.2) is 30.3 Å². The summed E-state index contributed by atoms with van der Waals surface area (Å²) in [5, 5.41) is 3.44. The topological polar surface area (TPSA) is 62.3 Å². The molecule has 2 heterocycles. The second-order valence-corrected chi connectivity index (χ2v) is 9.23. The summed E-state index contributed by atoms with van der Waals surface area (Å²) < 4.78 is 28.4. The highest BCUT2D eigenvalue weighted by molar-refractivity contribution is 7.89. The minimum Gasteiger partial charge on any atom is -0.367 e. The minimum absolute atomic E-state index is 0.190. The average molecular weight is 388 g/mol. The van der Waals surface area contributed by atoms with Crippen molar-refractivity contribution in [2.75, 3.05) is 11.9 Å². The molecule has 0 radical (unpaired) electrons. The van der Waals surface area contributed by atoms with Crippen LogP contribution >= 0.6 is 0 Å². The fourth-order valence-corrected chi connectivity index (χ4v) is 5.17. The molecule has 1 aromatic heterocycles. The van der Waals surface area contributed by atoms with Crippen molar-refractivity contribution in [3.63, 3.8) is 0 Å². The van der Waals surface area contributed by atoms with Gasteiger partial charge in [-0.3, -0.25) is 0 Å². The summed E-state index contributed by atoms with van der Waals surface area (Å²) in [6, 6.07) is 11.1. The normalized spacial score (nSPS) is 19.6. The molecule has 1 fully saturated rings. The van der Waals surface area contributed by atoms with Crippen LogP contribution in [0.5, 0.6) is 0 Å². The molecule has 6 heteroatoms. The summed E-state index contributed by atoms with van der Waals surface area (Å²) in [5.41, 5.74) is 2.02. The van der Waals surface area contributed by atoms with Crippen LogP contribution in [0.15, 0.2) is 47.5 Å². The van der Waals surface area contributed by atoms with Crippen molar-refractivity contribution in [2.24, 2.45) is 0 Å². The van der Waals surface area contributed by atoms with Crippen molar-refractivity contribution >= 4 is 15.8 Å². The van der Waals surface area contributed by atoms with Gasteiger partial charge in [-0.2, -0.15) is 4.31 Å². The lowest BCUT2D eigenvalue weighted by Gasteiger charge is -2.36. The quantitative estimate of drug-likeness (QED) is 0.792. The maximum absolute atomic E-state index is 13.4. The molecular weight excluding hydrogens is 358 g/mol. The molecule has 0 saturated carbocycles. The van der Waals surface area contributed by atoms with Crippen LogP contribution in [0.3, 0.4) is 0 Å². The van der Waals surface area contributed by atoms with Crippen molar-refractivity contribution in [3.05, 3.63) is 53.7 Å². The highest BCUT2D eigenvalue weighted by Crippen LogP contribution is 2.38. The number of hydrogen-bond donors (Lipinski definition) is 1. The predicted octanol–water partition coefficient (Wildman–Crippen LogP) is 4.52. The molecule has 2 aromatic rings. The van der Waals surface area contributed by atoms with E-state index in [0.29, 0.717) is 11.4 Å². The van der Waals surface area contributed by atoms with E-state index in [2.05, 4.69) is 24.1 Å². The van der Waals surface area contributed by atoms with E-state index in [4.69, 9.17) is 0 Å². The van der Waals surface area contributed by atoms with Crippen LogP contribution in [0.25, 0.3) is 0 Å². The largest absolute Gasteiger partial charge is 0.367 e. The zero-order chi connectivity index (χ0) is 19.4. The number of nitrogens with zero attached hydrogens (tertiary/aromatic N) is 2. The number of pyridine rings is 1. The van der Waals surface area contributed by atoms with Gasteiger partial charge in [0.1, 0.15) is 5.82 Å². The van der Waals surface area contributed by atoms with Crippen LogP contribution in [0.1, 0.15) is 56.7 Å². The second kappa shape index (κ2) is 8.40. The number of aromatic nitrogens is 1. The van der Waals surface area contributed by atoms with E-state index in [1.165, 1.54) is 0 Å². The number of hydrogen-bond acceptors (Lipinski definition) is 4. The van der Waals surface area contributed by atoms with Crippen LogP contribution in [0, 0.1) is 6.92 Å². The highest BCUT2D eigenvalue weighted by Gasteiger charge is 2.35. The molecule has 1 aromatic carbocycles. The number of rotatable bonds is 6. The summed E-state index contributed by atoms with van der Waals surface area (Å²) >= 11 is 0. The van der Waals surface area contributed by atoms with Crippen molar-refractivity contribution in [1.29, 1.82) is 0 Å². The SMILES string of the molecule is CC[C@@H](C)Nc1ncccc1[C@@H]1CCCCN1S(=O)(=O)c1ccc(C)cc1. The van der Waals surface area contributed by atoms with E-state index in [-0.39, 0.29) is 12.1 Å². The Bertz CT molecular complexity index is 865. The molecule has 0 bridgehead atoms. The first kappa shape index (κ1) is 19.8. The first-order chi connectivity index (χ1) is 12.9. The van der Waals surface area contributed by atoms with Gasteiger partial charge in [0.05, 0.1) is 10.9 Å². The Labute approximate surface area is 162 Å². The Morgan fingerprint density at radius 2 is 1.96 bits per heavy atom. The van der Waals surface area contributed by atoms with E-state index >= 15 is 0 Å². The summed E-state index contributed by atoms with van der Waals surface area (Å²) in [5.74, 6) is 0.794. The molecule has 0 unspecified atom stereocenters. The van der Waals surface area contributed by atoms with Crippen LogP contribution in [0.2, 0.25) is 0 Å². The Morgan fingerprint density at radius 1 is 1.22 bits per heavy atom. The van der Waals surface area contributed by atoms with Crippen LogP contribution < -0.4 is 5.32 Å². The molecule has 3 rings (SSSR count). The molecule has 0 amide bonds. The summed E-state index contributed by atoms with van der Waals surface area (Å²) in [6.07, 6.45) is 5.45. The highest BCUT2D eigenvalue weighted by atomic mass is 32.2. The van der Waals surface area contributed by atoms with Crippen molar-refractivity contribution in [3.8, 4) is 0 Å². The monoisotopic (exact) mass is 387 g/mol. The predicted molar refractivity (Wildman–Crippen MR) is 109 cm³/mol. The third kappa shape index (κ3) is 4.33. The van der Waals surface area contributed by atoms with Gasteiger partial charge in [0, 0.05) is 24.3 Å². The zero-order valence-electron chi connectivity index (χ0n) is 16.4. The molecule has 2 atom stereocenters. The van der Waals surface area contributed by atoms with E-state index in [1.54, 1.807) is 22.6 Å². The smallest absolute Gasteiger partial charge is 0.243 e. The van der Waals surface area contributed by atoms with Gasteiger partial charge < -0.3 is 5.32 Å². The molecule has 1 N–H and O–H groups in total. The van der Waals surface area contributed by atoms with Gasteiger partial charge in [-0.1, -0.05) is 37.1 Å². The zero-order valence-corrected chi connectivity index (χ0v) is 17.2. The Kier molecular flexibility index (Phi) is 6.17. The number of piperidine rings is 1. The Morgan fingerprint density at radius 3 is 2.67 bits per heavy atom. The standard InChI is InChI=1S/C21H29N3O2S/c1-4-17(3)23-21-19(8-7-14-22-21)20-9-5-6-15-24(20)27(25,26)18-12-10-16(2)11-13-18/h7-8,10-14,17,20H,4-6,9,15H2,1-3H3,(H,22,23)/t17-,20+/m1/s1. The molecule has 1 saturated heterocycles. The van der Waals surface area contributed by atoms with E-state index in [0.717, 1.165) is 42.6 Å². The van der Waals surface area contributed by atoms with Crippen molar-refractivity contribution < 1.29 is 8.42 Å². The maximum Gasteiger partial charge on any atom is 0.243 e. The lowest BCUT2D eigenvalue weighted by Crippen LogP contribution is -2.39. The molecule has 5 nitrogen and oxygen atoms in total. The molecule has 0 spiro atoms. The number of anilines is 1. The maximum atomic E-state index is 13.4. The Hall–Kier alpha value is -1.92. The van der Waals surface area contributed by atoms with Crippen LogP contribution in [-0.2, 0) is 10.0 Å². The number of benzene rings is 1. The first-order valence-corrected chi connectivity index (χ1v) is 11.2. The van der Waals surface area contributed by atoms with Gasteiger partial charge >= 0.3 is 0 Å². The molecule has 146 valence electrons. The molecule has 1 aliphatic heterocycles. The lowest BCUT2D eigenvalue weighted by molar-refractivity contribution is 0.256.